The first-order valence-electron chi connectivity index (χ1n) is 8.46. The molecular formula is C18H17Cl2F3N2O4S2. The molecule has 2 aromatic carbocycles. The molecule has 170 valence electrons. The van der Waals surface area contributed by atoms with Crippen LogP contribution in [0.15, 0.2) is 46.2 Å². The minimum atomic E-state index is -4.87. The van der Waals surface area contributed by atoms with E-state index in [2.05, 4.69) is 4.72 Å². The van der Waals surface area contributed by atoms with Gasteiger partial charge in [-0.3, -0.25) is 13.7 Å². The van der Waals surface area contributed by atoms with Crippen LogP contribution >= 0.6 is 23.2 Å². The highest BCUT2D eigenvalue weighted by atomic mass is 35.5. The minimum absolute atomic E-state index is 0.0549. The summed E-state index contributed by atoms with van der Waals surface area (Å²) in [4.78, 5) is 12.6. The first kappa shape index (κ1) is 25.4. The molecule has 31 heavy (non-hydrogen) atoms. The Kier molecular flexibility index (Phi) is 7.68. The molecule has 0 fully saturated rings. The van der Waals surface area contributed by atoms with Gasteiger partial charge in [0.25, 0.3) is 10.0 Å². The number of benzene rings is 2. The second-order valence-corrected chi connectivity index (χ2v) is 10.8. The van der Waals surface area contributed by atoms with Crippen molar-refractivity contribution >= 4 is 55.6 Å². The molecule has 2 rings (SSSR count). The number of sulfonamides is 1. The van der Waals surface area contributed by atoms with Gasteiger partial charge in [0.15, 0.2) is 0 Å². The molecule has 1 N–H and O–H groups in total. The zero-order valence-electron chi connectivity index (χ0n) is 16.3. The van der Waals surface area contributed by atoms with Crippen molar-refractivity contribution in [3.63, 3.8) is 0 Å². The largest absolute Gasteiger partial charge is 0.417 e. The Morgan fingerprint density at radius 2 is 1.74 bits per heavy atom. The van der Waals surface area contributed by atoms with Gasteiger partial charge in [-0.2, -0.15) is 13.2 Å². The van der Waals surface area contributed by atoms with Crippen LogP contribution in [0.4, 0.5) is 18.9 Å². The lowest BCUT2D eigenvalue weighted by Crippen LogP contribution is -2.34. The molecule has 0 aliphatic heterocycles. The molecule has 0 spiro atoms. The second-order valence-electron chi connectivity index (χ2n) is 6.56. The maximum absolute atomic E-state index is 13.1. The molecule has 0 saturated heterocycles. The standard InChI is InChI=1S/C18H17Cl2F3N2O4S2/c1-10(17(26)25(2)3)30(27)16-7-4-11(19)8-15(16)24-31(28,29)12-5-6-14(20)13(9-12)18(21,22)23/h4-10,24H,1-3H3. The van der Waals surface area contributed by atoms with Gasteiger partial charge in [-0.05, 0) is 43.3 Å². The maximum atomic E-state index is 13.1. The Hall–Kier alpha value is -1.82. The van der Waals surface area contributed by atoms with E-state index >= 15 is 0 Å². The Balaban J connectivity index is 2.50. The summed E-state index contributed by atoms with van der Waals surface area (Å²) < 4.78 is 79.8. The number of hydrogen-bond acceptors (Lipinski definition) is 4. The van der Waals surface area contributed by atoms with E-state index in [4.69, 9.17) is 23.2 Å². The lowest BCUT2D eigenvalue weighted by atomic mass is 10.2. The van der Waals surface area contributed by atoms with Gasteiger partial charge < -0.3 is 4.90 Å². The molecule has 13 heteroatoms. The number of carbonyl (C=O) groups is 1. The van der Waals surface area contributed by atoms with E-state index < -0.39 is 53.6 Å². The van der Waals surface area contributed by atoms with Crippen molar-refractivity contribution in [2.75, 3.05) is 18.8 Å². The quantitative estimate of drug-likeness (QED) is 0.616. The monoisotopic (exact) mass is 516 g/mol. The fourth-order valence-electron chi connectivity index (χ4n) is 2.50. The normalized spacial score (nSPS) is 14.1. The van der Waals surface area contributed by atoms with E-state index in [9.17, 15) is 30.6 Å². The number of anilines is 1. The van der Waals surface area contributed by atoms with Crippen molar-refractivity contribution in [1.82, 2.24) is 4.90 Å². The van der Waals surface area contributed by atoms with Crippen LogP contribution in [0.2, 0.25) is 10.0 Å². The third-order valence-corrected chi connectivity index (χ3v) is 7.63. The van der Waals surface area contributed by atoms with Gasteiger partial charge in [-0.1, -0.05) is 23.2 Å². The van der Waals surface area contributed by atoms with E-state index in [1.165, 1.54) is 38.1 Å². The van der Waals surface area contributed by atoms with Gasteiger partial charge in [-0.15, -0.1) is 0 Å². The first-order valence-corrected chi connectivity index (χ1v) is 11.9. The number of halogens is 5. The molecule has 2 aromatic rings. The lowest BCUT2D eigenvalue weighted by molar-refractivity contribution is -0.137. The van der Waals surface area contributed by atoms with Gasteiger partial charge in [0, 0.05) is 19.1 Å². The Morgan fingerprint density at radius 1 is 1.13 bits per heavy atom. The van der Waals surface area contributed by atoms with E-state index in [1.807, 2.05) is 0 Å². The highest BCUT2D eigenvalue weighted by molar-refractivity contribution is 7.93. The van der Waals surface area contributed by atoms with Crippen LogP contribution in [-0.2, 0) is 31.8 Å². The van der Waals surface area contributed by atoms with Crippen molar-refractivity contribution in [2.45, 2.75) is 28.1 Å². The Morgan fingerprint density at radius 3 is 2.29 bits per heavy atom. The third-order valence-electron chi connectivity index (χ3n) is 4.07. The van der Waals surface area contributed by atoms with Gasteiger partial charge in [0.05, 0.1) is 36.9 Å². The van der Waals surface area contributed by atoms with Crippen LogP contribution in [0.5, 0.6) is 0 Å². The van der Waals surface area contributed by atoms with E-state index in [0.717, 1.165) is 18.2 Å². The molecule has 0 saturated carbocycles. The van der Waals surface area contributed by atoms with E-state index in [1.54, 1.807) is 0 Å². The average Bonchev–Trinajstić information content (AvgIpc) is 2.65. The van der Waals surface area contributed by atoms with Crippen molar-refractivity contribution in [3.8, 4) is 0 Å². The van der Waals surface area contributed by atoms with Gasteiger partial charge >= 0.3 is 6.18 Å². The highest BCUT2D eigenvalue weighted by Crippen LogP contribution is 2.36. The van der Waals surface area contributed by atoms with Crippen molar-refractivity contribution in [1.29, 1.82) is 0 Å². The number of nitrogens with one attached hydrogen (secondary N) is 1. The predicted molar refractivity (Wildman–Crippen MR) is 113 cm³/mol. The molecular weight excluding hydrogens is 500 g/mol. The SMILES string of the molecule is CC(C(=O)N(C)C)S(=O)c1ccc(Cl)cc1NS(=O)(=O)c1ccc(Cl)c(C(F)(F)F)c1. The van der Waals surface area contributed by atoms with Crippen molar-refractivity contribution in [2.24, 2.45) is 0 Å². The predicted octanol–water partition coefficient (Wildman–Crippen LogP) is 4.40. The van der Waals surface area contributed by atoms with E-state index in [-0.39, 0.29) is 15.6 Å². The van der Waals surface area contributed by atoms with Crippen LogP contribution in [-0.4, -0.2) is 42.8 Å². The number of amides is 1. The lowest BCUT2D eigenvalue weighted by Gasteiger charge is -2.19. The number of hydrogen-bond donors (Lipinski definition) is 1. The summed E-state index contributed by atoms with van der Waals surface area (Å²) >= 11 is 11.5. The van der Waals surface area contributed by atoms with Gasteiger partial charge in [0.2, 0.25) is 5.91 Å². The molecule has 0 aliphatic rings. The van der Waals surface area contributed by atoms with Crippen LogP contribution in [0, 0.1) is 0 Å². The first-order chi connectivity index (χ1) is 14.1. The fraction of sp³-hybridized carbons (Fsp3) is 0.278. The number of rotatable bonds is 6. The minimum Gasteiger partial charge on any atom is -0.348 e. The summed E-state index contributed by atoms with van der Waals surface area (Å²) in [7, 11) is -3.59. The maximum Gasteiger partial charge on any atom is 0.417 e. The molecule has 2 unspecified atom stereocenters. The molecule has 1 amide bonds. The molecule has 0 radical (unpaired) electrons. The van der Waals surface area contributed by atoms with Crippen molar-refractivity contribution in [3.05, 3.63) is 52.0 Å². The third kappa shape index (κ3) is 5.91. The topological polar surface area (TPSA) is 83.6 Å². The summed E-state index contributed by atoms with van der Waals surface area (Å²) in [6, 6.07) is 5.89. The van der Waals surface area contributed by atoms with E-state index in [0.29, 0.717) is 6.07 Å². The number of alkyl halides is 3. The number of carbonyl (C=O) groups excluding carboxylic acids is 1. The molecule has 0 heterocycles. The zero-order valence-corrected chi connectivity index (χ0v) is 19.5. The summed E-state index contributed by atoms with van der Waals surface area (Å²) in [5, 5.41) is -1.60. The Labute approximate surface area is 189 Å². The molecule has 0 bridgehead atoms. The smallest absolute Gasteiger partial charge is 0.348 e. The number of nitrogens with zero attached hydrogens (tertiary/aromatic N) is 1. The van der Waals surface area contributed by atoms with Gasteiger partial charge in [-0.25, -0.2) is 8.42 Å². The summed E-state index contributed by atoms with van der Waals surface area (Å²) in [6.45, 7) is 1.40. The molecule has 2 atom stereocenters. The van der Waals surface area contributed by atoms with Gasteiger partial charge in [0.1, 0.15) is 5.25 Å². The van der Waals surface area contributed by atoms with Crippen LogP contribution in [0.1, 0.15) is 12.5 Å². The summed E-state index contributed by atoms with van der Waals surface area (Å²) in [5.74, 6) is -0.463. The zero-order chi connectivity index (χ0) is 23.7. The van der Waals surface area contributed by atoms with Crippen molar-refractivity contribution < 1.29 is 30.6 Å². The summed E-state index contributed by atoms with van der Waals surface area (Å²) in [5.41, 5.74) is -1.55. The highest BCUT2D eigenvalue weighted by Gasteiger charge is 2.35. The summed E-state index contributed by atoms with van der Waals surface area (Å²) in [6.07, 6.45) is -4.87. The molecule has 0 aliphatic carbocycles. The fourth-order valence-corrected chi connectivity index (χ4v) is 5.36. The molecule has 6 nitrogen and oxygen atoms in total. The molecule has 0 aromatic heterocycles. The van der Waals surface area contributed by atoms with Crippen LogP contribution in [0.3, 0.4) is 0 Å². The van der Waals surface area contributed by atoms with Crippen LogP contribution in [0.25, 0.3) is 0 Å². The average molecular weight is 517 g/mol. The van der Waals surface area contributed by atoms with Crippen LogP contribution < -0.4 is 4.72 Å². The second kappa shape index (κ2) is 9.35. The Bertz CT molecular complexity index is 1140.